The summed E-state index contributed by atoms with van der Waals surface area (Å²) >= 11 is 0. The second-order valence-corrected chi connectivity index (χ2v) is 4.84. The van der Waals surface area contributed by atoms with E-state index in [2.05, 4.69) is 25.6 Å². The Morgan fingerprint density at radius 3 is 3.11 bits per heavy atom. The first-order valence-electron chi connectivity index (χ1n) is 6.10. The Bertz CT molecular complexity index is 534. The maximum atomic E-state index is 10.1. The third kappa shape index (κ3) is 2.35. The average molecular weight is 248 g/mol. The molecule has 1 fully saturated rings. The molecular formula is C12H16N4O2. The molecule has 2 aromatic rings. The van der Waals surface area contributed by atoms with Crippen LogP contribution in [0.15, 0.2) is 22.8 Å². The maximum absolute atomic E-state index is 10.1. The molecule has 6 nitrogen and oxygen atoms in total. The zero-order valence-electron chi connectivity index (χ0n) is 10.0. The van der Waals surface area contributed by atoms with E-state index < -0.39 is 5.60 Å². The number of nitrogens with zero attached hydrogens (tertiary/aromatic N) is 2. The third-order valence-corrected chi connectivity index (χ3v) is 3.32. The molecule has 0 amide bonds. The van der Waals surface area contributed by atoms with Gasteiger partial charge in [0.2, 0.25) is 0 Å². The topological polar surface area (TPSA) is 83.2 Å². The van der Waals surface area contributed by atoms with Gasteiger partial charge < -0.3 is 15.7 Å². The molecule has 0 bridgehead atoms. The SMILES string of the molecule is O[C@]1(CNCc2ccc3nonc3c2)CCNC1. The first-order valence-corrected chi connectivity index (χ1v) is 6.10. The molecule has 0 radical (unpaired) electrons. The van der Waals surface area contributed by atoms with Crippen LogP contribution >= 0.6 is 0 Å². The summed E-state index contributed by atoms with van der Waals surface area (Å²) in [7, 11) is 0. The summed E-state index contributed by atoms with van der Waals surface area (Å²) in [5.41, 5.74) is 2.01. The van der Waals surface area contributed by atoms with Crippen molar-refractivity contribution >= 4 is 11.0 Å². The number of nitrogens with one attached hydrogen (secondary N) is 2. The number of aliphatic hydroxyl groups is 1. The van der Waals surface area contributed by atoms with Gasteiger partial charge in [-0.1, -0.05) is 6.07 Å². The summed E-state index contributed by atoms with van der Waals surface area (Å²) in [5.74, 6) is 0. The van der Waals surface area contributed by atoms with Crippen LogP contribution in [-0.2, 0) is 6.54 Å². The molecule has 1 aliphatic rings. The van der Waals surface area contributed by atoms with Crippen LogP contribution < -0.4 is 10.6 Å². The van der Waals surface area contributed by atoms with Crippen LogP contribution in [0.2, 0.25) is 0 Å². The highest BCUT2D eigenvalue weighted by molar-refractivity contribution is 5.73. The van der Waals surface area contributed by atoms with Crippen molar-refractivity contribution in [1.29, 1.82) is 0 Å². The van der Waals surface area contributed by atoms with Gasteiger partial charge in [-0.25, -0.2) is 4.63 Å². The van der Waals surface area contributed by atoms with Crippen LogP contribution in [0.25, 0.3) is 11.0 Å². The summed E-state index contributed by atoms with van der Waals surface area (Å²) in [6.45, 7) is 2.83. The minimum Gasteiger partial charge on any atom is -0.387 e. The van der Waals surface area contributed by atoms with Gasteiger partial charge >= 0.3 is 0 Å². The molecule has 1 aromatic heterocycles. The third-order valence-electron chi connectivity index (χ3n) is 3.32. The van der Waals surface area contributed by atoms with Crippen molar-refractivity contribution < 1.29 is 9.74 Å². The summed E-state index contributed by atoms with van der Waals surface area (Å²) in [6, 6.07) is 5.81. The molecule has 3 N–H and O–H groups in total. The van der Waals surface area contributed by atoms with E-state index in [1.165, 1.54) is 0 Å². The molecule has 2 heterocycles. The minimum atomic E-state index is -0.612. The fourth-order valence-electron chi connectivity index (χ4n) is 2.26. The second kappa shape index (κ2) is 4.64. The largest absolute Gasteiger partial charge is 0.387 e. The van der Waals surface area contributed by atoms with Gasteiger partial charge in [0.15, 0.2) is 0 Å². The lowest BCUT2D eigenvalue weighted by molar-refractivity contribution is 0.0609. The van der Waals surface area contributed by atoms with Crippen molar-refractivity contribution in [3.63, 3.8) is 0 Å². The Kier molecular flexibility index (Phi) is 2.99. The Morgan fingerprint density at radius 1 is 1.39 bits per heavy atom. The van der Waals surface area contributed by atoms with Crippen molar-refractivity contribution in [2.45, 2.75) is 18.6 Å². The van der Waals surface area contributed by atoms with Crippen LogP contribution in [-0.4, -0.2) is 40.7 Å². The Hall–Kier alpha value is -1.50. The molecule has 0 saturated carbocycles. The van der Waals surface area contributed by atoms with Gasteiger partial charge in [-0.05, 0) is 41.0 Å². The van der Waals surface area contributed by atoms with Crippen LogP contribution in [0.1, 0.15) is 12.0 Å². The lowest BCUT2D eigenvalue weighted by atomic mass is 10.0. The molecule has 0 spiro atoms. The van der Waals surface area contributed by atoms with Crippen molar-refractivity contribution in [3.8, 4) is 0 Å². The molecule has 3 rings (SSSR count). The highest BCUT2D eigenvalue weighted by Crippen LogP contribution is 2.14. The quantitative estimate of drug-likeness (QED) is 0.708. The van der Waals surface area contributed by atoms with Gasteiger partial charge in [0.05, 0.1) is 5.60 Å². The van der Waals surface area contributed by atoms with E-state index in [1.54, 1.807) is 0 Å². The van der Waals surface area contributed by atoms with E-state index in [-0.39, 0.29) is 0 Å². The first kappa shape index (κ1) is 11.6. The van der Waals surface area contributed by atoms with Gasteiger partial charge in [0.25, 0.3) is 0 Å². The molecule has 6 heteroatoms. The molecule has 1 saturated heterocycles. The van der Waals surface area contributed by atoms with Gasteiger partial charge in [0.1, 0.15) is 11.0 Å². The van der Waals surface area contributed by atoms with Gasteiger partial charge in [0, 0.05) is 19.6 Å². The minimum absolute atomic E-state index is 0.592. The first-order chi connectivity index (χ1) is 8.75. The van der Waals surface area contributed by atoms with Gasteiger partial charge in [-0.15, -0.1) is 0 Å². The standard InChI is InChI=1S/C12H16N4O2/c17-12(3-4-13-7-12)8-14-6-9-1-2-10-11(5-9)16-18-15-10/h1-2,5,13-14,17H,3-4,6-8H2/t12-/m1/s1. The molecule has 18 heavy (non-hydrogen) atoms. The molecule has 1 aromatic carbocycles. The van der Waals surface area contributed by atoms with E-state index in [4.69, 9.17) is 0 Å². The zero-order valence-corrected chi connectivity index (χ0v) is 10.0. The number of hydrogen-bond acceptors (Lipinski definition) is 6. The van der Waals surface area contributed by atoms with Crippen molar-refractivity contribution in [3.05, 3.63) is 23.8 Å². The van der Waals surface area contributed by atoms with Crippen molar-refractivity contribution in [2.75, 3.05) is 19.6 Å². The van der Waals surface area contributed by atoms with E-state index in [0.717, 1.165) is 29.6 Å². The predicted octanol–water partition coefficient (Wildman–Crippen LogP) is 0.0368. The number of fused-ring (bicyclic) bond motifs is 1. The van der Waals surface area contributed by atoms with Crippen LogP contribution in [0.5, 0.6) is 0 Å². The zero-order chi connectivity index (χ0) is 12.4. The van der Waals surface area contributed by atoms with Crippen LogP contribution in [0, 0.1) is 0 Å². The highest BCUT2D eigenvalue weighted by atomic mass is 16.6. The van der Waals surface area contributed by atoms with E-state index in [1.807, 2.05) is 18.2 Å². The Morgan fingerprint density at radius 2 is 2.28 bits per heavy atom. The Balaban J connectivity index is 1.59. The highest BCUT2D eigenvalue weighted by Gasteiger charge is 2.30. The average Bonchev–Trinajstić information content (AvgIpc) is 2.97. The Labute approximate surface area is 104 Å². The number of aromatic nitrogens is 2. The van der Waals surface area contributed by atoms with Crippen molar-refractivity contribution in [2.24, 2.45) is 0 Å². The predicted molar refractivity (Wildman–Crippen MR) is 65.9 cm³/mol. The number of β-amino-alcohol motifs (C(OH)–C–C–N with tert-alkyl or cyclic N) is 1. The summed E-state index contributed by atoms with van der Waals surface area (Å²) in [4.78, 5) is 0. The van der Waals surface area contributed by atoms with E-state index in [0.29, 0.717) is 19.6 Å². The van der Waals surface area contributed by atoms with E-state index >= 15 is 0 Å². The molecule has 0 unspecified atom stereocenters. The van der Waals surface area contributed by atoms with Crippen LogP contribution in [0.3, 0.4) is 0 Å². The normalized spacial score (nSPS) is 23.8. The second-order valence-electron chi connectivity index (χ2n) is 4.84. The monoisotopic (exact) mass is 248 g/mol. The lowest BCUT2D eigenvalue weighted by Crippen LogP contribution is -2.42. The van der Waals surface area contributed by atoms with Crippen LogP contribution in [0.4, 0.5) is 0 Å². The number of benzene rings is 1. The smallest absolute Gasteiger partial charge is 0.135 e. The van der Waals surface area contributed by atoms with Crippen molar-refractivity contribution in [1.82, 2.24) is 20.9 Å². The number of hydrogen-bond donors (Lipinski definition) is 3. The van der Waals surface area contributed by atoms with Gasteiger partial charge in [-0.2, -0.15) is 0 Å². The molecule has 1 atom stereocenters. The van der Waals surface area contributed by atoms with Gasteiger partial charge in [-0.3, -0.25) is 0 Å². The van der Waals surface area contributed by atoms with E-state index in [9.17, 15) is 5.11 Å². The fraction of sp³-hybridized carbons (Fsp3) is 0.500. The molecule has 0 aliphatic carbocycles. The summed E-state index contributed by atoms with van der Waals surface area (Å²) in [6.07, 6.45) is 0.798. The maximum Gasteiger partial charge on any atom is 0.135 e. The fourth-order valence-corrected chi connectivity index (χ4v) is 2.26. The number of rotatable bonds is 4. The summed E-state index contributed by atoms with van der Waals surface area (Å²) in [5, 5.41) is 24.1. The summed E-state index contributed by atoms with van der Waals surface area (Å²) < 4.78 is 4.65. The molecular weight excluding hydrogens is 232 g/mol. The molecule has 1 aliphatic heterocycles. The lowest BCUT2D eigenvalue weighted by Gasteiger charge is -2.21. The molecule has 96 valence electrons.